The standard InChI is InChI=1S/C21H21BrClN7O3S/c22-11-6-25-18-14(13(11)26-12-8-1-2-9(5-8)15(12)33-20(24)32)27-19(29-18)16-17(23)28-21(34-16)30-4-3-10(31)7-30/h1-2,6,8-10,12,15,31H,3-5,7H2,(H2,24,32)(H2,25,26,27,29)/t8-,9+,10+,12+,15-/m0/s1. The Bertz CT molecular complexity index is 1310. The van der Waals surface area contributed by atoms with Gasteiger partial charge in [-0.15, -0.1) is 0 Å². The molecule has 2 bridgehead atoms. The first-order valence-electron chi connectivity index (χ1n) is 10.9. The average Bonchev–Trinajstić information content (AvgIpc) is 3.59. The first kappa shape index (κ1) is 22.1. The molecule has 178 valence electrons. The first-order chi connectivity index (χ1) is 16.4. The lowest BCUT2D eigenvalue weighted by Gasteiger charge is -2.29. The summed E-state index contributed by atoms with van der Waals surface area (Å²) in [6.45, 7) is 1.28. The Labute approximate surface area is 211 Å². The van der Waals surface area contributed by atoms with E-state index in [0.29, 0.717) is 40.0 Å². The molecule has 6 rings (SSSR count). The van der Waals surface area contributed by atoms with Gasteiger partial charge in [0.1, 0.15) is 16.5 Å². The summed E-state index contributed by atoms with van der Waals surface area (Å²) in [6, 6.07) is -0.128. The van der Waals surface area contributed by atoms with Crippen LogP contribution >= 0.6 is 38.9 Å². The Morgan fingerprint density at radius 3 is 2.97 bits per heavy atom. The lowest BCUT2D eigenvalue weighted by Crippen LogP contribution is -2.41. The fourth-order valence-electron chi connectivity index (χ4n) is 5.10. The molecule has 10 nitrogen and oxygen atoms in total. The number of nitrogens with zero attached hydrogens (tertiary/aromatic N) is 4. The molecule has 1 amide bonds. The number of aliphatic hydroxyl groups excluding tert-OH is 1. The molecule has 0 spiro atoms. The second-order valence-corrected chi connectivity index (χ2v) is 11.0. The highest BCUT2D eigenvalue weighted by Gasteiger charge is 2.47. The number of rotatable bonds is 5. The smallest absolute Gasteiger partial charge is 0.404 e. The van der Waals surface area contributed by atoms with Gasteiger partial charge in [0.15, 0.2) is 21.8 Å². The number of thiazole rings is 1. The summed E-state index contributed by atoms with van der Waals surface area (Å²) in [4.78, 5) is 31.2. The van der Waals surface area contributed by atoms with E-state index in [1.807, 2.05) is 4.90 Å². The van der Waals surface area contributed by atoms with Gasteiger partial charge in [0.2, 0.25) is 0 Å². The van der Waals surface area contributed by atoms with E-state index in [4.69, 9.17) is 22.1 Å². The molecule has 0 radical (unpaired) electrons. The van der Waals surface area contributed by atoms with Crippen molar-refractivity contribution in [2.24, 2.45) is 17.6 Å². The lowest BCUT2D eigenvalue weighted by molar-refractivity contribution is 0.0854. The summed E-state index contributed by atoms with van der Waals surface area (Å²) in [5.74, 6) is 0.929. The number of imidazole rings is 1. The van der Waals surface area contributed by atoms with E-state index in [0.717, 1.165) is 28.3 Å². The molecule has 3 aliphatic rings. The zero-order chi connectivity index (χ0) is 23.6. The molecule has 4 heterocycles. The number of H-pyrrole nitrogens is 1. The number of halogens is 2. The van der Waals surface area contributed by atoms with E-state index in [9.17, 15) is 9.90 Å². The normalized spacial score (nSPS) is 27.7. The first-order valence-corrected chi connectivity index (χ1v) is 12.9. The van der Waals surface area contributed by atoms with Crippen molar-refractivity contribution in [1.29, 1.82) is 0 Å². The number of carbonyl (C=O) groups is 1. The number of aliphatic hydroxyl groups is 1. The molecule has 3 aromatic heterocycles. The predicted octanol–water partition coefficient (Wildman–Crippen LogP) is 3.52. The van der Waals surface area contributed by atoms with E-state index in [-0.39, 0.29) is 30.1 Å². The molecule has 5 N–H and O–H groups in total. The van der Waals surface area contributed by atoms with Crippen LogP contribution in [0.3, 0.4) is 0 Å². The number of primary amides is 1. The molecule has 2 fully saturated rings. The molecule has 3 aromatic rings. The molecule has 2 aliphatic carbocycles. The number of hydrogen-bond donors (Lipinski definition) is 4. The molecule has 1 aliphatic heterocycles. The molecule has 1 saturated carbocycles. The van der Waals surface area contributed by atoms with Gasteiger partial charge >= 0.3 is 6.09 Å². The van der Waals surface area contributed by atoms with Crippen LogP contribution in [0.15, 0.2) is 22.8 Å². The van der Waals surface area contributed by atoms with E-state index < -0.39 is 6.09 Å². The Hall–Kier alpha value is -2.41. The number of hydrogen-bond acceptors (Lipinski definition) is 9. The van der Waals surface area contributed by atoms with Gasteiger partial charge in [-0.2, -0.15) is 0 Å². The number of ether oxygens (including phenoxy) is 1. The van der Waals surface area contributed by atoms with Gasteiger partial charge in [0.25, 0.3) is 0 Å². The van der Waals surface area contributed by atoms with Crippen molar-refractivity contribution >= 4 is 66.9 Å². The van der Waals surface area contributed by atoms with Crippen LogP contribution in [0.2, 0.25) is 5.15 Å². The molecule has 34 heavy (non-hydrogen) atoms. The maximum atomic E-state index is 11.5. The summed E-state index contributed by atoms with van der Waals surface area (Å²) in [5.41, 5.74) is 7.34. The van der Waals surface area contributed by atoms with Crippen LogP contribution in [0.5, 0.6) is 0 Å². The number of aromatic amines is 1. The number of nitrogens with one attached hydrogen (secondary N) is 2. The molecule has 0 aromatic carbocycles. The Kier molecular flexibility index (Phi) is 5.43. The second-order valence-electron chi connectivity index (χ2n) is 8.79. The highest BCUT2D eigenvalue weighted by Crippen LogP contribution is 2.44. The topological polar surface area (TPSA) is 142 Å². The number of amides is 1. The zero-order valence-electron chi connectivity index (χ0n) is 17.7. The lowest BCUT2D eigenvalue weighted by atomic mass is 9.98. The molecular weight excluding hydrogens is 546 g/mol. The van der Waals surface area contributed by atoms with E-state index in [1.165, 1.54) is 11.3 Å². The van der Waals surface area contributed by atoms with Gasteiger partial charge in [-0.3, -0.25) is 0 Å². The highest BCUT2D eigenvalue weighted by molar-refractivity contribution is 9.10. The van der Waals surface area contributed by atoms with Crippen LogP contribution in [0.4, 0.5) is 15.6 Å². The van der Waals surface area contributed by atoms with E-state index >= 15 is 0 Å². The maximum absolute atomic E-state index is 11.5. The average molecular weight is 567 g/mol. The molecule has 1 saturated heterocycles. The van der Waals surface area contributed by atoms with E-state index in [1.54, 1.807) is 6.20 Å². The van der Waals surface area contributed by atoms with E-state index in [2.05, 4.69) is 53.3 Å². The van der Waals surface area contributed by atoms with Crippen molar-refractivity contribution in [2.45, 2.75) is 31.1 Å². The Balaban J connectivity index is 1.34. The number of nitrogens with two attached hydrogens (primary N) is 1. The van der Waals surface area contributed by atoms with Crippen molar-refractivity contribution in [2.75, 3.05) is 23.3 Å². The monoisotopic (exact) mass is 565 g/mol. The van der Waals surface area contributed by atoms with Gasteiger partial charge in [0, 0.05) is 31.1 Å². The van der Waals surface area contributed by atoms with Gasteiger partial charge in [-0.25, -0.2) is 19.7 Å². The van der Waals surface area contributed by atoms with Crippen molar-refractivity contribution < 1.29 is 14.6 Å². The van der Waals surface area contributed by atoms with Crippen LogP contribution < -0.4 is 16.0 Å². The molecular formula is C21H21BrClN7O3S. The highest BCUT2D eigenvalue weighted by atomic mass is 79.9. The van der Waals surface area contributed by atoms with Gasteiger partial charge in [-0.1, -0.05) is 35.1 Å². The summed E-state index contributed by atoms with van der Waals surface area (Å²) < 4.78 is 6.20. The van der Waals surface area contributed by atoms with Crippen LogP contribution in [0.1, 0.15) is 12.8 Å². The van der Waals surface area contributed by atoms with Crippen LogP contribution in [-0.4, -0.2) is 62.5 Å². The second kappa shape index (κ2) is 8.36. The summed E-state index contributed by atoms with van der Waals surface area (Å²) in [5, 5.41) is 14.5. The SMILES string of the molecule is NC(=O)O[C@@H]1[C@H](Nc2c(Br)cnc3nc(-c4sc(N5CC[C@@H](O)C5)nc4Cl)[nH]c23)[C@H]2C=C[C@@H]1C2. The molecule has 13 heteroatoms. The fraction of sp³-hybridized carbons (Fsp3) is 0.429. The largest absolute Gasteiger partial charge is 0.444 e. The Morgan fingerprint density at radius 1 is 1.38 bits per heavy atom. The third-order valence-electron chi connectivity index (χ3n) is 6.65. The number of β-amino-alcohol motifs (C(OH)–C–C–N with tert-alkyl or cyclic N) is 1. The predicted molar refractivity (Wildman–Crippen MR) is 133 cm³/mol. The van der Waals surface area contributed by atoms with Crippen LogP contribution in [0.25, 0.3) is 21.9 Å². The summed E-state index contributed by atoms with van der Waals surface area (Å²) >= 11 is 11.5. The van der Waals surface area contributed by atoms with Crippen molar-refractivity contribution in [3.63, 3.8) is 0 Å². The van der Waals surface area contributed by atoms with Crippen LogP contribution in [-0.2, 0) is 4.74 Å². The minimum Gasteiger partial charge on any atom is -0.444 e. The third kappa shape index (κ3) is 3.72. The molecule has 0 unspecified atom stereocenters. The Morgan fingerprint density at radius 2 is 2.21 bits per heavy atom. The molecule has 5 atom stereocenters. The minimum absolute atomic E-state index is 0.128. The summed E-state index contributed by atoms with van der Waals surface area (Å²) in [7, 11) is 0. The van der Waals surface area contributed by atoms with Crippen molar-refractivity contribution in [3.8, 4) is 10.7 Å². The van der Waals surface area contributed by atoms with Crippen molar-refractivity contribution in [3.05, 3.63) is 28.0 Å². The number of aromatic nitrogens is 4. The minimum atomic E-state index is -0.776. The maximum Gasteiger partial charge on any atom is 0.404 e. The fourth-order valence-corrected chi connectivity index (χ4v) is 6.79. The number of anilines is 2. The van der Waals surface area contributed by atoms with Gasteiger partial charge in [0.05, 0.1) is 22.3 Å². The summed E-state index contributed by atoms with van der Waals surface area (Å²) in [6.07, 6.45) is 6.07. The zero-order valence-corrected chi connectivity index (χ0v) is 20.9. The number of carbonyl (C=O) groups excluding carboxylic acids is 1. The third-order valence-corrected chi connectivity index (χ3v) is 8.76. The number of pyridine rings is 1. The van der Waals surface area contributed by atoms with Crippen molar-refractivity contribution in [1.82, 2.24) is 19.9 Å². The number of fused-ring (bicyclic) bond motifs is 3. The van der Waals surface area contributed by atoms with Crippen LogP contribution in [0, 0.1) is 11.8 Å². The van der Waals surface area contributed by atoms with Gasteiger partial charge < -0.3 is 30.8 Å². The van der Waals surface area contributed by atoms with Gasteiger partial charge in [-0.05, 0) is 28.8 Å². The quantitative estimate of drug-likeness (QED) is 0.344.